The molecule has 0 saturated carbocycles. The van der Waals surface area contributed by atoms with Gasteiger partial charge in [0.1, 0.15) is 5.75 Å². The van der Waals surface area contributed by atoms with Gasteiger partial charge >= 0.3 is 0 Å². The summed E-state index contributed by atoms with van der Waals surface area (Å²) in [5.74, 6) is 0.587. The second-order valence-corrected chi connectivity index (χ2v) is 8.94. The van der Waals surface area contributed by atoms with Crippen molar-refractivity contribution in [2.75, 3.05) is 27.2 Å². The van der Waals surface area contributed by atoms with E-state index in [-0.39, 0.29) is 4.90 Å². The first-order chi connectivity index (χ1) is 12.8. The van der Waals surface area contributed by atoms with Gasteiger partial charge < -0.3 is 9.64 Å². The fourth-order valence-electron chi connectivity index (χ4n) is 2.89. The third-order valence-electron chi connectivity index (χ3n) is 4.37. The molecule has 1 aromatic heterocycles. The predicted octanol–water partition coefficient (Wildman–Crippen LogP) is 4.17. The molecule has 0 saturated heterocycles. The van der Waals surface area contributed by atoms with Crippen LogP contribution in [0.25, 0.3) is 10.9 Å². The number of rotatable bonds is 7. The Bertz CT molecular complexity index is 1060. The number of hydrogen-bond donors (Lipinski definition) is 0. The van der Waals surface area contributed by atoms with Crippen LogP contribution in [0.3, 0.4) is 0 Å². The van der Waals surface area contributed by atoms with Crippen LogP contribution in [0.4, 0.5) is 0 Å². The van der Waals surface area contributed by atoms with E-state index in [1.165, 1.54) is 10.2 Å². The van der Waals surface area contributed by atoms with E-state index >= 15 is 0 Å². The fourth-order valence-corrected chi connectivity index (χ4v) is 4.48. The Kier molecular flexibility index (Phi) is 5.79. The van der Waals surface area contributed by atoms with E-state index in [1.807, 2.05) is 21.0 Å². The molecule has 144 valence electrons. The average Bonchev–Trinajstić information content (AvgIpc) is 3.06. The quantitative estimate of drug-likeness (QED) is 0.552. The van der Waals surface area contributed by atoms with Crippen LogP contribution in [0.15, 0.2) is 53.6 Å². The number of halogens is 1. The van der Waals surface area contributed by atoms with Crippen LogP contribution in [0.2, 0.25) is 5.02 Å². The Morgan fingerprint density at radius 1 is 1.15 bits per heavy atom. The Labute approximate surface area is 165 Å². The zero-order valence-corrected chi connectivity index (χ0v) is 17.2. The molecule has 0 atom stereocenters. The van der Waals surface area contributed by atoms with Gasteiger partial charge in [0, 0.05) is 29.2 Å². The van der Waals surface area contributed by atoms with Gasteiger partial charge in [-0.05, 0) is 57.3 Å². The first-order valence-corrected chi connectivity index (χ1v) is 10.5. The van der Waals surface area contributed by atoms with Gasteiger partial charge in [-0.25, -0.2) is 12.4 Å². The van der Waals surface area contributed by atoms with Crippen molar-refractivity contribution in [1.29, 1.82) is 0 Å². The molecule has 3 rings (SSSR count). The number of ether oxygens (including phenoxy) is 1. The molecule has 0 aliphatic heterocycles. The summed E-state index contributed by atoms with van der Waals surface area (Å²) in [6, 6.07) is 11.9. The monoisotopic (exact) mass is 406 g/mol. The SMILES string of the molecule is Cc1ccc(S(=O)(=O)n2ccc3c(Cl)cccc32)cc1OCCCN(C)C. The third-order valence-corrected chi connectivity index (χ3v) is 6.38. The van der Waals surface area contributed by atoms with Gasteiger partial charge in [-0.1, -0.05) is 23.7 Å². The molecular weight excluding hydrogens is 384 g/mol. The summed E-state index contributed by atoms with van der Waals surface area (Å²) in [6.45, 7) is 3.35. The van der Waals surface area contributed by atoms with Crippen LogP contribution in [0.1, 0.15) is 12.0 Å². The van der Waals surface area contributed by atoms with Crippen molar-refractivity contribution in [3.63, 3.8) is 0 Å². The second kappa shape index (κ2) is 7.92. The molecule has 27 heavy (non-hydrogen) atoms. The minimum atomic E-state index is -3.75. The number of aryl methyl sites for hydroxylation is 1. The Morgan fingerprint density at radius 2 is 1.93 bits per heavy atom. The molecule has 0 aliphatic rings. The van der Waals surface area contributed by atoms with E-state index in [1.54, 1.807) is 42.5 Å². The first-order valence-electron chi connectivity index (χ1n) is 8.70. The summed E-state index contributed by atoms with van der Waals surface area (Å²) in [5.41, 5.74) is 1.45. The molecule has 0 bridgehead atoms. The Balaban J connectivity index is 1.92. The zero-order chi connectivity index (χ0) is 19.6. The zero-order valence-electron chi connectivity index (χ0n) is 15.6. The maximum atomic E-state index is 13.2. The van der Waals surface area contributed by atoms with Crippen molar-refractivity contribution in [2.45, 2.75) is 18.2 Å². The van der Waals surface area contributed by atoms with Crippen molar-refractivity contribution in [1.82, 2.24) is 8.87 Å². The standard InChI is InChI=1S/C20H23ClN2O3S/c1-15-8-9-16(14-20(15)26-13-5-11-22(2)3)27(24,25)23-12-10-17-18(21)6-4-7-19(17)23/h4,6-10,12,14H,5,11,13H2,1-3H3. The number of fused-ring (bicyclic) bond motifs is 1. The highest BCUT2D eigenvalue weighted by atomic mass is 35.5. The highest BCUT2D eigenvalue weighted by Crippen LogP contribution is 2.29. The lowest BCUT2D eigenvalue weighted by molar-refractivity contribution is 0.279. The molecular formula is C20H23ClN2O3S. The normalized spacial score (nSPS) is 12.0. The van der Waals surface area contributed by atoms with Gasteiger partial charge in [-0.15, -0.1) is 0 Å². The van der Waals surface area contributed by atoms with E-state index in [9.17, 15) is 8.42 Å². The van der Waals surface area contributed by atoms with E-state index in [2.05, 4.69) is 4.90 Å². The van der Waals surface area contributed by atoms with E-state index in [4.69, 9.17) is 16.3 Å². The molecule has 2 aromatic carbocycles. The minimum Gasteiger partial charge on any atom is -0.493 e. The molecule has 5 nitrogen and oxygen atoms in total. The molecule has 0 unspecified atom stereocenters. The minimum absolute atomic E-state index is 0.188. The van der Waals surface area contributed by atoms with Gasteiger partial charge in [0.05, 0.1) is 17.0 Å². The van der Waals surface area contributed by atoms with Crippen LogP contribution in [0.5, 0.6) is 5.75 Å². The number of nitrogens with zero attached hydrogens (tertiary/aromatic N) is 2. The summed E-state index contributed by atoms with van der Waals surface area (Å²) >= 11 is 6.17. The first kappa shape index (κ1) is 19.7. The molecule has 0 fully saturated rings. The van der Waals surface area contributed by atoms with Crippen molar-refractivity contribution in [2.24, 2.45) is 0 Å². The van der Waals surface area contributed by atoms with Gasteiger partial charge in [0.2, 0.25) is 0 Å². The van der Waals surface area contributed by atoms with Crippen LogP contribution in [0, 0.1) is 6.92 Å². The van der Waals surface area contributed by atoms with E-state index < -0.39 is 10.0 Å². The molecule has 3 aromatic rings. The molecule has 7 heteroatoms. The number of aromatic nitrogens is 1. The van der Waals surface area contributed by atoms with Crippen LogP contribution in [-0.2, 0) is 10.0 Å². The second-order valence-electron chi connectivity index (χ2n) is 6.72. The smallest absolute Gasteiger partial charge is 0.268 e. The lowest BCUT2D eigenvalue weighted by Crippen LogP contribution is -2.16. The summed E-state index contributed by atoms with van der Waals surface area (Å²) in [6.07, 6.45) is 2.40. The maximum absolute atomic E-state index is 13.2. The Hall–Kier alpha value is -2.02. The van der Waals surface area contributed by atoms with Crippen LogP contribution in [-0.4, -0.2) is 44.5 Å². The summed E-state index contributed by atoms with van der Waals surface area (Å²) in [4.78, 5) is 2.27. The molecule has 1 heterocycles. The maximum Gasteiger partial charge on any atom is 0.268 e. The van der Waals surface area contributed by atoms with E-state index in [0.717, 1.165) is 18.5 Å². The molecule has 0 N–H and O–H groups in total. The van der Waals surface area contributed by atoms with Crippen molar-refractivity contribution in [3.8, 4) is 5.75 Å². The number of hydrogen-bond acceptors (Lipinski definition) is 4. The fraction of sp³-hybridized carbons (Fsp3) is 0.300. The van der Waals surface area contributed by atoms with Crippen LogP contribution < -0.4 is 4.74 Å². The largest absolute Gasteiger partial charge is 0.493 e. The molecule has 0 aliphatic carbocycles. The summed E-state index contributed by atoms with van der Waals surface area (Å²) < 4.78 is 33.4. The summed E-state index contributed by atoms with van der Waals surface area (Å²) in [7, 11) is 0.260. The third kappa shape index (κ3) is 4.13. The predicted molar refractivity (Wildman–Crippen MR) is 109 cm³/mol. The van der Waals surface area contributed by atoms with Gasteiger partial charge in [0.15, 0.2) is 0 Å². The van der Waals surface area contributed by atoms with Crippen molar-refractivity contribution >= 4 is 32.5 Å². The highest BCUT2D eigenvalue weighted by molar-refractivity contribution is 7.90. The van der Waals surface area contributed by atoms with Gasteiger partial charge in [0.25, 0.3) is 10.0 Å². The topological polar surface area (TPSA) is 51.5 Å². The molecule has 0 spiro atoms. The highest BCUT2D eigenvalue weighted by Gasteiger charge is 2.20. The van der Waals surface area contributed by atoms with Crippen molar-refractivity contribution < 1.29 is 13.2 Å². The van der Waals surface area contributed by atoms with Gasteiger partial charge in [-0.2, -0.15) is 0 Å². The Morgan fingerprint density at radius 3 is 2.67 bits per heavy atom. The van der Waals surface area contributed by atoms with Crippen LogP contribution >= 0.6 is 11.6 Å². The number of benzene rings is 2. The lowest BCUT2D eigenvalue weighted by Gasteiger charge is -2.14. The summed E-state index contributed by atoms with van der Waals surface area (Å²) in [5, 5.41) is 1.23. The molecule has 0 amide bonds. The lowest BCUT2D eigenvalue weighted by atomic mass is 10.2. The van der Waals surface area contributed by atoms with E-state index in [0.29, 0.717) is 28.3 Å². The van der Waals surface area contributed by atoms with Crippen molar-refractivity contribution in [3.05, 3.63) is 59.2 Å². The molecule has 0 radical (unpaired) electrons. The van der Waals surface area contributed by atoms with Gasteiger partial charge in [-0.3, -0.25) is 0 Å². The average molecular weight is 407 g/mol.